The smallest absolute Gasteiger partial charge is 0.150 e. The number of sulfone groups is 1. The molecule has 0 saturated heterocycles. The first-order valence-electron chi connectivity index (χ1n) is 6.13. The lowest BCUT2D eigenvalue weighted by atomic mass is 9.83. The molecule has 1 aliphatic rings. The van der Waals surface area contributed by atoms with E-state index in [4.69, 9.17) is 5.84 Å². The van der Waals surface area contributed by atoms with Crippen molar-refractivity contribution in [3.05, 3.63) is 0 Å². The summed E-state index contributed by atoms with van der Waals surface area (Å²) in [6, 6.07) is 0.256. The van der Waals surface area contributed by atoms with Gasteiger partial charge in [0.2, 0.25) is 0 Å². The molecule has 0 amide bonds. The molecule has 0 heterocycles. The quantitative estimate of drug-likeness (QED) is 0.564. The zero-order chi connectivity index (χ0) is 12.9. The van der Waals surface area contributed by atoms with Crippen molar-refractivity contribution in [1.82, 2.24) is 5.43 Å². The molecule has 0 aliphatic heterocycles. The van der Waals surface area contributed by atoms with E-state index in [9.17, 15) is 8.42 Å². The van der Waals surface area contributed by atoms with Crippen LogP contribution in [0.25, 0.3) is 0 Å². The molecule has 0 aromatic carbocycles. The largest absolute Gasteiger partial charge is 0.271 e. The van der Waals surface area contributed by atoms with Gasteiger partial charge in [0, 0.05) is 12.3 Å². The van der Waals surface area contributed by atoms with Crippen LogP contribution in [0.3, 0.4) is 0 Å². The maximum absolute atomic E-state index is 11.6. The predicted octanol–water partition coefficient (Wildman–Crippen LogP) is 1.17. The van der Waals surface area contributed by atoms with Crippen LogP contribution in [0, 0.1) is 5.92 Å². The van der Waals surface area contributed by atoms with E-state index in [-0.39, 0.29) is 11.3 Å². The van der Waals surface area contributed by atoms with Crippen molar-refractivity contribution in [2.24, 2.45) is 11.8 Å². The van der Waals surface area contributed by atoms with Gasteiger partial charge in [0.1, 0.15) is 9.84 Å². The van der Waals surface area contributed by atoms with E-state index in [1.807, 2.05) is 0 Å². The van der Waals surface area contributed by atoms with Gasteiger partial charge in [-0.15, -0.1) is 0 Å². The maximum Gasteiger partial charge on any atom is 0.150 e. The monoisotopic (exact) mass is 280 g/mol. The molecule has 0 aromatic heterocycles. The van der Waals surface area contributed by atoms with Crippen LogP contribution < -0.4 is 11.3 Å². The van der Waals surface area contributed by atoms with E-state index >= 15 is 0 Å². The number of hydrogen-bond acceptors (Lipinski definition) is 5. The van der Waals surface area contributed by atoms with E-state index < -0.39 is 9.84 Å². The van der Waals surface area contributed by atoms with Crippen molar-refractivity contribution in [3.63, 3.8) is 0 Å². The van der Waals surface area contributed by atoms with Crippen LogP contribution in [0.1, 0.15) is 32.1 Å². The average molecular weight is 280 g/mol. The summed E-state index contributed by atoms with van der Waals surface area (Å²) in [5.74, 6) is 7.06. The number of hydrogen-bond donors (Lipinski definition) is 2. The second-order valence-corrected chi connectivity index (χ2v) is 8.24. The van der Waals surface area contributed by atoms with Crippen LogP contribution in [-0.2, 0) is 9.84 Å². The van der Waals surface area contributed by atoms with Gasteiger partial charge >= 0.3 is 0 Å². The summed E-state index contributed by atoms with van der Waals surface area (Å²) in [4.78, 5) is 0. The Morgan fingerprint density at radius 1 is 1.47 bits per heavy atom. The van der Waals surface area contributed by atoms with Gasteiger partial charge in [0.25, 0.3) is 0 Å². The molecular weight excluding hydrogens is 256 g/mol. The highest BCUT2D eigenvalue weighted by Crippen LogP contribution is 2.31. The third-order valence-electron chi connectivity index (χ3n) is 3.69. The van der Waals surface area contributed by atoms with Gasteiger partial charge in [-0.1, -0.05) is 6.42 Å². The molecule has 1 rings (SSSR count). The number of nitrogens with one attached hydrogen (secondary N) is 1. The van der Waals surface area contributed by atoms with Crippen molar-refractivity contribution in [2.75, 3.05) is 18.3 Å². The molecule has 1 aliphatic carbocycles. The summed E-state index contributed by atoms with van der Waals surface area (Å²) in [7, 11) is -2.89. The second kappa shape index (κ2) is 6.97. The minimum absolute atomic E-state index is 0.161. The summed E-state index contributed by atoms with van der Waals surface area (Å²) in [6.07, 6.45) is 8.12. The Kier molecular flexibility index (Phi) is 6.26. The van der Waals surface area contributed by atoms with Crippen molar-refractivity contribution in [2.45, 2.75) is 43.4 Å². The Morgan fingerprint density at radius 2 is 2.18 bits per heavy atom. The van der Waals surface area contributed by atoms with Crippen LogP contribution in [0.4, 0.5) is 0 Å². The second-order valence-electron chi connectivity index (χ2n) is 4.93. The van der Waals surface area contributed by atoms with E-state index in [0.29, 0.717) is 5.92 Å². The standard InChI is InChI=1S/C11H24N2O2S2/c1-16-7-6-11(13-12)9-4-3-5-10(8-9)17(2,14)15/h9-11,13H,3-8,12H2,1-2H3. The molecule has 0 aromatic rings. The summed E-state index contributed by atoms with van der Waals surface area (Å²) < 4.78 is 23.2. The number of nitrogens with two attached hydrogens (primary N) is 1. The Morgan fingerprint density at radius 3 is 2.71 bits per heavy atom. The fraction of sp³-hybridized carbons (Fsp3) is 1.00. The first-order valence-corrected chi connectivity index (χ1v) is 9.47. The molecule has 0 radical (unpaired) electrons. The predicted molar refractivity (Wildman–Crippen MR) is 74.7 cm³/mol. The maximum atomic E-state index is 11.6. The highest BCUT2D eigenvalue weighted by atomic mass is 32.2. The molecule has 4 nitrogen and oxygen atoms in total. The zero-order valence-electron chi connectivity index (χ0n) is 10.7. The third-order valence-corrected chi connectivity index (χ3v) is 5.97. The average Bonchev–Trinajstić information content (AvgIpc) is 2.29. The van der Waals surface area contributed by atoms with Gasteiger partial charge in [-0.25, -0.2) is 8.42 Å². The van der Waals surface area contributed by atoms with Gasteiger partial charge in [-0.3, -0.25) is 11.3 Å². The lowest BCUT2D eigenvalue weighted by Crippen LogP contribution is -2.44. The van der Waals surface area contributed by atoms with Crippen LogP contribution in [0.15, 0.2) is 0 Å². The Labute approximate surface area is 109 Å². The van der Waals surface area contributed by atoms with E-state index in [0.717, 1.165) is 37.9 Å². The van der Waals surface area contributed by atoms with Crippen molar-refractivity contribution < 1.29 is 8.42 Å². The molecule has 1 fully saturated rings. The fourth-order valence-corrected chi connectivity index (χ4v) is 4.32. The van der Waals surface area contributed by atoms with E-state index in [2.05, 4.69) is 11.7 Å². The SMILES string of the molecule is CSCCC(NN)C1CCCC(S(C)(=O)=O)C1. The lowest BCUT2D eigenvalue weighted by Gasteiger charge is -2.33. The Hall–Kier alpha value is 0.220. The van der Waals surface area contributed by atoms with Crippen molar-refractivity contribution in [1.29, 1.82) is 0 Å². The molecule has 0 spiro atoms. The highest BCUT2D eigenvalue weighted by Gasteiger charge is 2.32. The molecule has 3 atom stereocenters. The number of thioether (sulfide) groups is 1. The Balaban J connectivity index is 2.58. The fourth-order valence-electron chi connectivity index (χ4n) is 2.64. The topological polar surface area (TPSA) is 72.2 Å². The molecule has 3 N–H and O–H groups in total. The van der Waals surface area contributed by atoms with Crippen LogP contribution in [0.2, 0.25) is 0 Å². The van der Waals surface area contributed by atoms with Crippen LogP contribution >= 0.6 is 11.8 Å². The summed E-state index contributed by atoms with van der Waals surface area (Å²) >= 11 is 1.80. The first kappa shape index (κ1) is 15.3. The van der Waals surface area contributed by atoms with Crippen molar-refractivity contribution >= 4 is 21.6 Å². The van der Waals surface area contributed by atoms with Gasteiger partial charge in [-0.2, -0.15) is 11.8 Å². The summed E-state index contributed by atoms with van der Waals surface area (Å²) in [6.45, 7) is 0. The molecule has 1 saturated carbocycles. The minimum Gasteiger partial charge on any atom is -0.271 e. The summed E-state index contributed by atoms with van der Waals surface area (Å²) in [5.41, 5.74) is 2.87. The van der Waals surface area contributed by atoms with Crippen LogP contribution in [0.5, 0.6) is 0 Å². The first-order chi connectivity index (χ1) is 7.99. The van der Waals surface area contributed by atoms with Gasteiger partial charge in [0.15, 0.2) is 0 Å². The normalized spacial score (nSPS) is 27.9. The van der Waals surface area contributed by atoms with E-state index in [1.54, 1.807) is 11.8 Å². The van der Waals surface area contributed by atoms with Gasteiger partial charge in [0.05, 0.1) is 5.25 Å². The molecule has 0 bridgehead atoms. The summed E-state index contributed by atoms with van der Waals surface area (Å²) in [5, 5.41) is -0.161. The Bertz CT molecular complexity index is 319. The molecule has 3 unspecified atom stereocenters. The van der Waals surface area contributed by atoms with Gasteiger partial charge < -0.3 is 0 Å². The van der Waals surface area contributed by atoms with Crippen molar-refractivity contribution in [3.8, 4) is 0 Å². The third kappa shape index (κ3) is 4.77. The molecular formula is C11H24N2O2S2. The molecule has 17 heavy (non-hydrogen) atoms. The highest BCUT2D eigenvalue weighted by molar-refractivity contribution is 7.98. The number of hydrazine groups is 1. The lowest BCUT2D eigenvalue weighted by molar-refractivity contribution is 0.267. The van der Waals surface area contributed by atoms with Crippen LogP contribution in [-0.4, -0.2) is 38.0 Å². The minimum atomic E-state index is -2.89. The number of rotatable bonds is 6. The molecule has 6 heteroatoms. The van der Waals surface area contributed by atoms with Gasteiger partial charge in [-0.05, 0) is 43.6 Å². The van der Waals surface area contributed by atoms with E-state index in [1.165, 1.54) is 6.26 Å². The molecule has 102 valence electrons. The zero-order valence-corrected chi connectivity index (χ0v) is 12.3.